The fraction of sp³-hybridized carbons (Fsp3) is 0.765. The van der Waals surface area contributed by atoms with Gasteiger partial charge in [-0.2, -0.15) is 0 Å². The molecule has 0 aromatic heterocycles. The Morgan fingerprint density at radius 3 is 2.50 bits per heavy atom. The van der Waals surface area contributed by atoms with Crippen molar-refractivity contribution >= 4 is 0 Å². The topological polar surface area (TPSA) is 41.3 Å². The van der Waals surface area contributed by atoms with E-state index in [0.29, 0.717) is 12.7 Å². The average molecular weight is 279 g/mol. The van der Waals surface area contributed by atoms with Crippen LogP contribution in [0, 0.1) is 0 Å². The molecule has 0 spiro atoms. The highest BCUT2D eigenvalue weighted by Gasteiger charge is 2.13. The summed E-state index contributed by atoms with van der Waals surface area (Å²) in [6.07, 6.45) is 21.3. The Bertz CT molecular complexity index is 273. The van der Waals surface area contributed by atoms with Crippen LogP contribution in [-0.2, 0) is 0 Å². The maximum atomic E-state index is 5.60. The third-order valence-corrected chi connectivity index (χ3v) is 3.82. The summed E-state index contributed by atoms with van der Waals surface area (Å²) in [5, 5.41) is 3.33. The van der Waals surface area contributed by atoms with Gasteiger partial charge in [0.1, 0.15) is 6.17 Å². The van der Waals surface area contributed by atoms with E-state index in [9.17, 15) is 0 Å². The van der Waals surface area contributed by atoms with Crippen molar-refractivity contribution in [1.29, 1.82) is 0 Å². The second-order valence-electron chi connectivity index (χ2n) is 5.65. The van der Waals surface area contributed by atoms with Crippen molar-refractivity contribution in [3.05, 3.63) is 24.6 Å². The molecule has 116 valence electrons. The summed E-state index contributed by atoms with van der Waals surface area (Å²) < 4.78 is 0. The lowest BCUT2D eigenvalue weighted by Gasteiger charge is -2.21. The predicted octanol–water partition coefficient (Wildman–Crippen LogP) is 3.73. The highest BCUT2D eigenvalue weighted by molar-refractivity contribution is 5.04. The Labute approximate surface area is 125 Å². The standard InChI is InChI=1S/C17H33N3/c1-2-3-4-5-6-7-8-9-10-11-12-17-19-14-16-20(17)15-13-18/h11-12,14,16-17,19H,2-10,13,15,18H2,1H3/b12-11+. The summed E-state index contributed by atoms with van der Waals surface area (Å²) in [6.45, 7) is 3.89. The van der Waals surface area contributed by atoms with Gasteiger partial charge in [-0.25, -0.2) is 0 Å². The summed E-state index contributed by atoms with van der Waals surface area (Å²) >= 11 is 0. The van der Waals surface area contributed by atoms with E-state index in [-0.39, 0.29) is 0 Å². The molecule has 3 nitrogen and oxygen atoms in total. The fourth-order valence-electron chi connectivity index (χ4n) is 2.58. The zero-order valence-electron chi connectivity index (χ0n) is 13.2. The molecule has 1 aliphatic rings. The number of unbranched alkanes of at least 4 members (excludes halogenated alkanes) is 8. The zero-order valence-corrected chi connectivity index (χ0v) is 13.2. The van der Waals surface area contributed by atoms with Gasteiger partial charge < -0.3 is 16.0 Å². The minimum Gasteiger partial charge on any atom is -0.367 e. The van der Waals surface area contributed by atoms with Gasteiger partial charge in [-0.15, -0.1) is 0 Å². The molecule has 0 aliphatic carbocycles. The van der Waals surface area contributed by atoms with Crippen LogP contribution in [0.5, 0.6) is 0 Å². The van der Waals surface area contributed by atoms with Crippen molar-refractivity contribution < 1.29 is 0 Å². The number of hydrogen-bond donors (Lipinski definition) is 2. The van der Waals surface area contributed by atoms with Gasteiger partial charge in [0, 0.05) is 25.5 Å². The van der Waals surface area contributed by atoms with Crippen molar-refractivity contribution in [2.45, 2.75) is 70.9 Å². The van der Waals surface area contributed by atoms with E-state index in [2.05, 4.69) is 35.5 Å². The van der Waals surface area contributed by atoms with Crippen LogP contribution in [0.3, 0.4) is 0 Å². The largest absolute Gasteiger partial charge is 0.367 e. The summed E-state index contributed by atoms with van der Waals surface area (Å²) in [7, 11) is 0. The quantitative estimate of drug-likeness (QED) is 0.422. The smallest absolute Gasteiger partial charge is 0.118 e. The van der Waals surface area contributed by atoms with E-state index >= 15 is 0 Å². The summed E-state index contributed by atoms with van der Waals surface area (Å²) in [6, 6.07) is 0. The molecule has 0 radical (unpaired) electrons. The molecule has 3 heteroatoms. The van der Waals surface area contributed by atoms with Crippen LogP contribution in [0.2, 0.25) is 0 Å². The fourth-order valence-corrected chi connectivity index (χ4v) is 2.58. The van der Waals surface area contributed by atoms with Gasteiger partial charge in [-0.3, -0.25) is 0 Å². The van der Waals surface area contributed by atoms with E-state index < -0.39 is 0 Å². The predicted molar refractivity (Wildman–Crippen MR) is 88.2 cm³/mol. The molecule has 0 fully saturated rings. The first-order valence-corrected chi connectivity index (χ1v) is 8.43. The third kappa shape index (κ3) is 7.59. The van der Waals surface area contributed by atoms with E-state index in [1.807, 2.05) is 6.20 Å². The van der Waals surface area contributed by atoms with Crippen molar-refractivity contribution in [3.8, 4) is 0 Å². The SMILES string of the molecule is CCCCCCCCCC/C=C/C1NC=CN1CCN. The lowest BCUT2D eigenvalue weighted by molar-refractivity contribution is 0.333. The zero-order chi connectivity index (χ0) is 14.5. The molecule has 1 atom stereocenters. The Hall–Kier alpha value is -0.960. The minimum atomic E-state index is 0.313. The number of nitrogens with two attached hydrogens (primary N) is 1. The first-order valence-electron chi connectivity index (χ1n) is 8.43. The van der Waals surface area contributed by atoms with Crippen LogP contribution in [-0.4, -0.2) is 24.2 Å². The number of rotatable bonds is 12. The molecule has 0 amide bonds. The van der Waals surface area contributed by atoms with Gasteiger partial charge in [0.2, 0.25) is 0 Å². The third-order valence-electron chi connectivity index (χ3n) is 3.82. The first-order chi connectivity index (χ1) is 9.88. The molecule has 1 unspecified atom stereocenters. The van der Waals surface area contributed by atoms with Gasteiger partial charge in [0.15, 0.2) is 0 Å². The van der Waals surface area contributed by atoms with Crippen LogP contribution < -0.4 is 11.1 Å². The van der Waals surface area contributed by atoms with Gasteiger partial charge in [-0.05, 0) is 18.9 Å². The van der Waals surface area contributed by atoms with E-state index in [1.54, 1.807) is 0 Å². The van der Waals surface area contributed by atoms with Gasteiger partial charge in [0.05, 0.1) is 0 Å². The Balaban J connectivity index is 1.94. The number of nitrogens with one attached hydrogen (secondary N) is 1. The van der Waals surface area contributed by atoms with Gasteiger partial charge in [0.25, 0.3) is 0 Å². The molecule has 1 aliphatic heterocycles. The molecular formula is C17H33N3. The van der Waals surface area contributed by atoms with Crippen LogP contribution in [0.1, 0.15) is 64.7 Å². The van der Waals surface area contributed by atoms with Crippen LogP contribution in [0.4, 0.5) is 0 Å². The molecule has 20 heavy (non-hydrogen) atoms. The van der Waals surface area contributed by atoms with Gasteiger partial charge >= 0.3 is 0 Å². The Morgan fingerprint density at radius 1 is 1.10 bits per heavy atom. The summed E-state index contributed by atoms with van der Waals surface area (Å²) in [5.41, 5.74) is 5.60. The van der Waals surface area contributed by atoms with Crippen molar-refractivity contribution in [1.82, 2.24) is 10.2 Å². The molecule has 1 heterocycles. The lowest BCUT2D eigenvalue weighted by atomic mass is 10.1. The number of hydrogen-bond acceptors (Lipinski definition) is 3. The van der Waals surface area contributed by atoms with Crippen LogP contribution in [0.25, 0.3) is 0 Å². The normalized spacial score (nSPS) is 18.1. The molecule has 0 aromatic carbocycles. The molecule has 0 saturated carbocycles. The molecule has 0 aromatic rings. The van der Waals surface area contributed by atoms with Gasteiger partial charge in [-0.1, -0.05) is 57.9 Å². The van der Waals surface area contributed by atoms with Crippen LogP contribution >= 0.6 is 0 Å². The van der Waals surface area contributed by atoms with E-state index in [1.165, 1.54) is 57.8 Å². The van der Waals surface area contributed by atoms with Crippen LogP contribution in [0.15, 0.2) is 24.6 Å². The summed E-state index contributed by atoms with van der Waals surface area (Å²) in [5.74, 6) is 0. The highest BCUT2D eigenvalue weighted by atomic mass is 15.3. The van der Waals surface area contributed by atoms with Crippen molar-refractivity contribution in [2.24, 2.45) is 5.73 Å². The first kappa shape index (κ1) is 17.1. The molecule has 0 bridgehead atoms. The van der Waals surface area contributed by atoms with Crippen molar-refractivity contribution in [2.75, 3.05) is 13.1 Å². The maximum Gasteiger partial charge on any atom is 0.118 e. The lowest BCUT2D eigenvalue weighted by Crippen LogP contribution is -2.36. The average Bonchev–Trinajstić information content (AvgIpc) is 2.89. The monoisotopic (exact) mass is 279 g/mol. The second kappa shape index (κ2) is 11.8. The molecule has 3 N–H and O–H groups in total. The number of allylic oxidation sites excluding steroid dienone is 1. The Kier molecular flexibility index (Phi) is 10.1. The molecule has 0 saturated heterocycles. The summed E-state index contributed by atoms with van der Waals surface area (Å²) in [4.78, 5) is 2.24. The maximum absolute atomic E-state index is 5.60. The Morgan fingerprint density at radius 2 is 1.80 bits per heavy atom. The minimum absolute atomic E-state index is 0.313. The molecular weight excluding hydrogens is 246 g/mol. The van der Waals surface area contributed by atoms with E-state index in [4.69, 9.17) is 5.73 Å². The van der Waals surface area contributed by atoms with E-state index in [0.717, 1.165) is 6.54 Å². The second-order valence-corrected chi connectivity index (χ2v) is 5.65. The number of nitrogens with zero attached hydrogens (tertiary/aromatic N) is 1. The highest BCUT2D eigenvalue weighted by Crippen LogP contribution is 2.10. The van der Waals surface area contributed by atoms with Crippen molar-refractivity contribution in [3.63, 3.8) is 0 Å². The molecule has 1 rings (SSSR count).